The molecule has 4 nitrogen and oxygen atoms in total. The Hall–Kier alpha value is -1.39. The number of piperidine rings is 2. The second-order valence-corrected chi connectivity index (χ2v) is 6.95. The fourth-order valence-corrected chi connectivity index (χ4v) is 4.68. The van der Waals surface area contributed by atoms with E-state index in [1.165, 1.54) is 18.7 Å². The molecule has 0 aromatic heterocycles. The van der Waals surface area contributed by atoms with E-state index in [-0.39, 0.29) is 11.3 Å². The molecule has 1 aromatic rings. The second-order valence-electron chi connectivity index (χ2n) is 6.95. The van der Waals surface area contributed by atoms with Crippen LogP contribution in [0, 0.1) is 11.3 Å². The topological polar surface area (TPSA) is 46.2 Å². The monoisotopic (exact) mass is 274 g/mol. The lowest BCUT2D eigenvalue weighted by Crippen LogP contribution is -3.17. The standard InChI is InChI=1S/C16H20N2O2/c19-14-3-1-12(2-4-14)7-16-10-17-5-6-18(11-16)9-13(8-17)15(16)20/h1-4,13,19H,5-11H2/p+2. The van der Waals surface area contributed by atoms with Crippen molar-refractivity contribution in [1.29, 1.82) is 0 Å². The van der Waals surface area contributed by atoms with Crippen LogP contribution in [0.2, 0.25) is 0 Å². The number of phenolic OH excluding ortho intramolecular Hbond substituents is 1. The van der Waals surface area contributed by atoms with Gasteiger partial charge in [0.1, 0.15) is 30.2 Å². The zero-order chi connectivity index (χ0) is 13.7. The largest absolute Gasteiger partial charge is 0.508 e. The van der Waals surface area contributed by atoms with Gasteiger partial charge in [0, 0.05) is 0 Å². The Morgan fingerprint density at radius 1 is 1.10 bits per heavy atom. The van der Waals surface area contributed by atoms with Crippen LogP contribution < -0.4 is 9.80 Å². The number of fused-ring (bicyclic) bond motifs is 1. The van der Waals surface area contributed by atoms with E-state index in [4.69, 9.17) is 0 Å². The highest BCUT2D eigenvalue weighted by molar-refractivity contribution is 5.88. The molecule has 1 aromatic carbocycles. The molecule has 20 heavy (non-hydrogen) atoms. The molecule has 4 bridgehead atoms. The van der Waals surface area contributed by atoms with Crippen molar-refractivity contribution in [2.24, 2.45) is 11.3 Å². The highest BCUT2D eigenvalue weighted by atomic mass is 16.3. The van der Waals surface area contributed by atoms with E-state index < -0.39 is 0 Å². The van der Waals surface area contributed by atoms with Crippen molar-refractivity contribution in [2.75, 3.05) is 39.3 Å². The number of hydrogen-bond donors (Lipinski definition) is 3. The predicted molar refractivity (Wildman–Crippen MR) is 73.9 cm³/mol. The first-order valence-electron chi connectivity index (χ1n) is 7.64. The summed E-state index contributed by atoms with van der Waals surface area (Å²) < 4.78 is 0. The first-order valence-corrected chi connectivity index (χ1v) is 7.64. The summed E-state index contributed by atoms with van der Waals surface area (Å²) in [4.78, 5) is 16.1. The minimum Gasteiger partial charge on any atom is -0.508 e. The zero-order valence-corrected chi connectivity index (χ0v) is 11.7. The van der Waals surface area contributed by atoms with Crippen LogP contribution in [0.1, 0.15) is 5.56 Å². The molecule has 4 aliphatic heterocycles. The van der Waals surface area contributed by atoms with Crippen molar-refractivity contribution in [2.45, 2.75) is 6.42 Å². The van der Waals surface area contributed by atoms with E-state index in [1.54, 1.807) is 21.9 Å². The summed E-state index contributed by atoms with van der Waals surface area (Å²) in [6.07, 6.45) is 0.843. The molecule has 2 atom stereocenters. The van der Waals surface area contributed by atoms with Crippen LogP contribution in [0.25, 0.3) is 0 Å². The molecule has 4 saturated heterocycles. The molecule has 0 saturated carbocycles. The van der Waals surface area contributed by atoms with Crippen molar-refractivity contribution >= 4 is 5.78 Å². The van der Waals surface area contributed by atoms with Gasteiger partial charge < -0.3 is 14.9 Å². The van der Waals surface area contributed by atoms with Crippen molar-refractivity contribution in [3.63, 3.8) is 0 Å². The Bertz CT molecular complexity index is 524. The maximum Gasteiger partial charge on any atom is 0.165 e. The van der Waals surface area contributed by atoms with Crippen molar-refractivity contribution in [3.05, 3.63) is 29.8 Å². The Morgan fingerprint density at radius 2 is 1.70 bits per heavy atom. The second kappa shape index (κ2) is 4.30. The third-order valence-corrected chi connectivity index (χ3v) is 5.45. The van der Waals surface area contributed by atoms with Crippen LogP contribution in [0.15, 0.2) is 24.3 Å². The lowest BCUT2D eigenvalue weighted by atomic mass is 9.68. The van der Waals surface area contributed by atoms with Crippen LogP contribution in [-0.2, 0) is 11.2 Å². The molecule has 3 N–H and O–H groups in total. The molecule has 5 rings (SSSR count). The third-order valence-electron chi connectivity index (χ3n) is 5.45. The SMILES string of the molecule is O=C1C2C[NH+]3CC[NH+](C2)CC1(Cc1ccc(O)cc1)C3. The number of aromatic hydroxyl groups is 1. The van der Waals surface area contributed by atoms with Gasteiger partial charge in [-0.05, 0) is 24.1 Å². The van der Waals surface area contributed by atoms with Crippen LogP contribution in [0.5, 0.6) is 5.75 Å². The average Bonchev–Trinajstić information content (AvgIpc) is 2.67. The predicted octanol–water partition coefficient (Wildman–Crippen LogP) is -2.08. The van der Waals surface area contributed by atoms with Crippen LogP contribution in [-0.4, -0.2) is 50.2 Å². The summed E-state index contributed by atoms with van der Waals surface area (Å²) in [6.45, 7) is 6.56. The lowest BCUT2D eigenvalue weighted by molar-refractivity contribution is -0.918. The minimum absolute atomic E-state index is 0.153. The smallest absolute Gasteiger partial charge is 0.165 e. The Kier molecular flexibility index (Phi) is 2.66. The first kappa shape index (κ1) is 12.4. The van der Waals surface area contributed by atoms with Crippen LogP contribution in [0.4, 0.5) is 0 Å². The Labute approximate surface area is 119 Å². The van der Waals surface area contributed by atoms with Gasteiger partial charge in [-0.3, -0.25) is 4.79 Å². The molecular weight excluding hydrogens is 252 g/mol. The number of rotatable bonds is 2. The molecule has 4 heteroatoms. The number of ketones is 1. The normalized spacial score (nSPS) is 39.0. The van der Waals surface area contributed by atoms with E-state index in [0.717, 1.165) is 32.6 Å². The van der Waals surface area contributed by atoms with Gasteiger partial charge in [-0.25, -0.2) is 0 Å². The quantitative estimate of drug-likeness (QED) is 0.579. The zero-order valence-electron chi connectivity index (χ0n) is 11.7. The molecule has 2 unspecified atom stereocenters. The molecule has 0 spiro atoms. The Balaban J connectivity index is 1.67. The Morgan fingerprint density at radius 3 is 2.30 bits per heavy atom. The van der Waals surface area contributed by atoms with E-state index in [9.17, 15) is 9.90 Å². The van der Waals surface area contributed by atoms with E-state index in [1.807, 2.05) is 12.1 Å². The number of Topliss-reactive ketones (excluding diaryl/α,β-unsaturated/α-hetero) is 1. The number of phenols is 1. The van der Waals surface area contributed by atoms with Crippen LogP contribution in [0.3, 0.4) is 0 Å². The molecule has 106 valence electrons. The summed E-state index contributed by atoms with van der Waals surface area (Å²) in [5, 5.41) is 9.41. The maximum absolute atomic E-state index is 12.8. The van der Waals surface area contributed by atoms with Gasteiger partial charge in [-0.15, -0.1) is 0 Å². The summed E-state index contributed by atoms with van der Waals surface area (Å²) in [5.41, 5.74) is 1.03. The number of hydrogen-bond acceptors (Lipinski definition) is 2. The highest BCUT2D eigenvalue weighted by Gasteiger charge is 2.58. The summed E-state index contributed by atoms with van der Waals surface area (Å²) in [7, 11) is 0. The van der Waals surface area contributed by atoms with E-state index in [0.29, 0.717) is 11.5 Å². The summed E-state index contributed by atoms with van der Waals surface area (Å²) >= 11 is 0. The van der Waals surface area contributed by atoms with Crippen molar-refractivity contribution < 1.29 is 19.7 Å². The molecular formula is C16H22N2O2+2. The number of nitrogens with one attached hydrogen (secondary N) is 2. The highest BCUT2D eigenvalue weighted by Crippen LogP contribution is 2.30. The van der Waals surface area contributed by atoms with Crippen LogP contribution >= 0.6 is 0 Å². The van der Waals surface area contributed by atoms with Crippen molar-refractivity contribution in [1.82, 2.24) is 0 Å². The van der Waals surface area contributed by atoms with Gasteiger partial charge in [0.2, 0.25) is 0 Å². The molecule has 0 radical (unpaired) electrons. The van der Waals surface area contributed by atoms with Gasteiger partial charge in [0.15, 0.2) is 5.78 Å². The fraction of sp³-hybridized carbons (Fsp3) is 0.562. The lowest BCUT2D eigenvalue weighted by Gasteiger charge is -2.43. The first-order chi connectivity index (χ1) is 9.64. The molecule has 4 aliphatic rings. The van der Waals surface area contributed by atoms with Gasteiger partial charge in [-0.2, -0.15) is 0 Å². The van der Waals surface area contributed by atoms with Gasteiger partial charge in [-0.1, -0.05) is 12.1 Å². The van der Waals surface area contributed by atoms with E-state index >= 15 is 0 Å². The average molecular weight is 274 g/mol. The maximum atomic E-state index is 12.8. The molecule has 0 amide bonds. The summed E-state index contributed by atoms with van der Waals surface area (Å²) in [6, 6.07) is 7.39. The molecule has 4 fully saturated rings. The van der Waals surface area contributed by atoms with E-state index in [2.05, 4.69) is 0 Å². The number of carbonyl (C=O) groups excluding carboxylic acids is 1. The fourth-order valence-electron chi connectivity index (χ4n) is 4.68. The van der Waals surface area contributed by atoms with Crippen molar-refractivity contribution in [3.8, 4) is 5.75 Å². The summed E-state index contributed by atoms with van der Waals surface area (Å²) in [5.74, 6) is 1.09. The number of quaternary nitrogens is 2. The van der Waals surface area contributed by atoms with Gasteiger partial charge in [0.05, 0.1) is 26.2 Å². The van der Waals surface area contributed by atoms with Gasteiger partial charge >= 0.3 is 0 Å². The number of benzene rings is 1. The number of carbonyl (C=O) groups is 1. The van der Waals surface area contributed by atoms with Gasteiger partial charge in [0.25, 0.3) is 0 Å². The molecule has 0 aliphatic carbocycles. The minimum atomic E-state index is -0.153. The third kappa shape index (κ3) is 1.86. The molecule has 4 heterocycles.